The maximum absolute atomic E-state index is 12.3. The molecule has 0 radical (unpaired) electrons. The van der Waals surface area contributed by atoms with Gasteiger partial charge in [-0.2, -0.15) is 0 Å². The summed E-state index contributed by atoms with van der Waals surface area (Å²) in [6.07, 6.45) is 3.00. The Morgan fingerprint density at radius 2 is 2.05 bits per heavy atom. The van der Waals surface area contributed by atoms with Crippen LogP contribution >= 0.6 is 0 Å². The van der Waals surface area contributed by atoms with Gasteiger partial charge < -0.3 is 14.4 Å². The second-order valence-corrected chi connectivity index (χ2v) is 5.38. The molecule has 0 N–H and O–H groups in total. The zero-order valence-electron chi connectivity index (χ0n) is 12.0. The number of carbonyl (C=O) groups excluding carboxylic acids is 2. The van der Waals surface area contributed by atoms with Gasteiger partial charge in [0.2, 0.25) is 12.3 Å². The second kappa shape index (κ2) is 5.55. The predicted octanol–water partition coefficient (Wildman–Crippen LogP) is 0.416. The Morgan fingerprint density at radius 1 is 1.29 bits per heavy atom. The van der Waals surface area contributed by atoms with Crippen molar-refractivity contribution >= 4 is 23.4 Å². The SMILES string of the molecule is Cn1cnc2cc(CC(=O)N3CCN(C=O)CC3)ccc21. The van der Waals surface area contributed by atoms with Crippen molar-refractivity contribution in [1.29, 1.82) is 0 Å². The Bertz CT molecular complexity index is 671. The number of carbonyl (C=O) groups is 2. The number of hydrogen-bond acceptors (Lipinski definition) is 3. The molecule has 0 saturated carbocycles. The van der Waals surface area contributed by atoms with Crippen LogP contribution in [0.5, 0.6) is 0 Å². The molecule has 0 atom stereocenters. The fraction of sp³-hybridized carbons (Fsp3) is 0.400. The molecule has 110 valence electrons. The van der Waals surface area contributed by atoms with Crippen LogP contribution in [0.1, 0.15) is 5.56 Å². The van der Waals surface area contributed by atoms with Crippen molar-refractivity contribution in [2.75, 3.05) is 26.2 Å². The minimum Gasteiger partial charge on any atom is -0.342 e. The van der Waals surface area contributed by atoms with E-state index in [2.05, 4.69) is 4.98 Å². The summed E-state index contributed by atoms with van der Waals surface area (Å²) in [6, 6.07) is 5.94. The van der Waals surface area contributed by atoms with Crippen molar-refractivity contribution in [2.45, 2.75) is 6.42 Å². The van der Waals surface area contributed by atoms with Gasteiger partial charge in [0.25, 0.3) is 0 Å². The first kappa shape index (κ1) is 13.6. The number of amides is 2. The molecule has 3 rings (SSSR count). The van der Waals surface area contributed by atoms with Crippen LogP contribution in [-0.2, 0) is 23.1 Å². The fourth-order valence-corrected chi connectivity index (χ4v) is 2.65. The maximum Gasteiger partial charge on any atom is 0.227 e. The van der Waals surface area contributed by atoms with Crippen LogP contribution in [0.25, 0.3) is 11.0 Å². The molecule has 6 heteroatoms. The zero-order chi connectivity index (χ0) is 14.8. The largest absolute Gasteiger partial charge is 0.342 e. The van der Waals surface area contributed by atoms with Gasteiger partial charge in [0.05, 0.1) is 23.8 Å². The van der Waals surface area contributed by atoms with Crippen molar-refractivity contribution in [3.05, 3.63) is 30.1 Å². The van der Waals surface area contributed by atoms with Gasteiger partial charge in [0.15, 0.2) is 0 Å². The lowest BCUT2D eigenvalue weighted by Crippen LogP contribution is -2.48. The monoisotopic (exact) mass is 286 g/mol. The Balaban J connectivity index is 1.67. The summed E-state index contributed by atoms with van der Waals surface area (Å²) < 4.78 is 1.96. The highest BCUT2D eigenvalue weighted by Gasteiger charge is 2.20. The summed E-state index contributed by atoms with van der Waals surface area (Å²) in [5, 5.41) is 0. The molecule has 1 saturated heterocycles. The normalized spacial score (nSPS) is 15.5. The molecule has 1 fully saturated rings. The first-order chi connectivity index (χ1) is 10.2. The quantitative estimate of drug-likeness (QED) is 0.768. The molecule has 1 aromatic carbocycles. The molecule has 2 aromatic rings. The lowest BCUT2D eigenvalue weighted by atomic mass is 10.1. The highest BCUT2D eigenvalue weighted by Crippen LogP contribution is 2.15. The summed E-state index contributed by atoms with van der Waals surface area (Å²) >= 11 is 0. The number of hydrogen-bond donors (Lipinski definition) is 0. The van der Waals surface area contributed by atoms with Gasteiger partial charge >= 0.3 is 0 Å². The van der Waals surface area contributed by atoms with E-state index in [0.717, 1.165) is 23.0 Å². The minimum absolute atomic E-state index is 0.107. The van der Waals surface area contributed by atoms with Crippen LogP contribution in [0.3, 0.4) is 0 Å². The molecule has 2 heterocycles. The Kier molecular flexibility index (Phi) is 3.60. The van der Waals surface area contributed by atoms with E-state index in [1.165, 1.54) is 0 Å². The van der Waals surface area contributed by atoms with Crippen LogP contribution in [0.2, 0.25) is 0 Å². The maximum atomic E-state index is 12.3. The number of rotatable bonds is 3. The van der Waals surface area contributed by atoms with E-state index in [9.17, 15) is 9.59 Å². The van der Waals surface area contributed by atoms with Crippen molar-refractivity contribution in [3.8, 4) is 0 Å². The predicted molar refractivity (Wildman–Crippen MR) is 78.6 cm³/mol. The van der Waals surface area contributed by atoms with E-state index < -0.39 is 0 Å². The van der Waals surface area contributed by atoms with Crippen LogP contribution < -0.4 is 0 Å². The molecule has 0 aliphatic carbocycles. The average Bonchev–Trinajstić information content (AvgIpc) is 2.88. The third-order valence-corrected chi connectivity index (χ3v) is 3.96. The van der Waals surface area contributed by atoms with Crippen molar-refractivity contribution in [2.24, 2.45) is 7.05 Å². The molecule has 1 aliphatic rings. The first-order valence-electron chi connectivity index (χ1n) is 7.04. The van der Waals surface area contributed by atoms with Crippen LogP contribution in [0.4, 0.5) is 0 Å². The standard InChI is InChI=1S/C15H18N4O2/c1-17-10-16-13-8-12(2-3-14(13)17)9-15(21)19-6-4-18(11-20)5-7-19/h2-3,8,10-11H,4-7,9H2,1H3. The average molecular weight is 286 g/mol. The van der Waals surface area contributed by atoms with Gasteiger partial charge in [-0.25, -0.2) is 4.98 Å². The first-order valence-corrected chi connectivity index (χ1v) is 7.04. The van der Waals surface area contributed by atoms with Crippen LogP contribution in [0.15, 0.2) is 24.5 Å². The van der Waals surface area contributed by atoms with Gasteiger partial charge in [-0.05, 0) is 17.7 Å². The molecule has 2 amide bonds. The summed E-state index contributed by atoms with van der Waals surface area (Å²) in [5.74, 6) is 0.107. The molecular formula is C15H18N4O2. The number of aryl methyl sites for hydroxylation is 1. The van der Waals surface area contributed by atoms with E-state index in [-0.39, 0.29) is 5.91 Å². The van der Waals surface area contributed by atoms with Crippen molar-refractivity contribution in [1.82, 2.24) is 19.4 Å². The number of piperazine rings is 1. The van der Waals surface area contributed by atoms with Gasteiger partial charge in [0.1, 0.15) is 0 Å². The molecular weight excluding hydrogens is 268 g/mol. The Morgan fingerprint density at radius 3 is 2.76 bits per heavy atom. The van der Waals surface area contributed by atoms with E-state index in [4.69, 9.17) is 0 Å². The van der Waals surface area contributed by atoms with Crippen molar-refractivity contribution < 1.29 is 9.59 Å². The van der Waals surface area contributed by atoms with Gasteiger partial charge in [0, 0.05) is 33.2 Å². The molecule has 0 unspecified atom stereocenters. The summed E-state index contributed by atoms with van der Waals surface area (Å²) in [6.45, 7) is 2.47. The Hall–Kier alpha value is -2.37. The van der Waals surface area contributed by atoms with Crippen LogP contribution in [-0.4, -0.2) is 57.8 Å². The van der Waals surface area contributed by atoms with Gasteiger partial charge in [-0.15, -0.1) is 0 Å². The molecule has 1 aliphatic heterocycles. The molecule has 0 spiro atoms. The number of aromatic nitrogens is 2. The zero-order valence-corrected chi connectivity index (χ0v) is 12.0. The van der Waals surface area contributed by atoms with E-state index >= 15 is 0 Å². The lowest BCUT2D eigenvalue weighted by molar-refractivity contribution is -0.134. The minimum atomic E-state index is 0.107. The second-order valence-electron chi connectivity index (χ2n) is 5.38. The van der Waals surface area contributed by atoms with Crippen molar-refractivity contribution in [3.63, 3.8) is 0 Å². The topological polar surface area (TPSA) is 58.4 Å². The third kappa shape index (κ3) is 2.74. The van der Waals surface area contributed by atoms with Crippen LogP contribution in [0, 0.1) is 0 Å². The highest BCUT2D eigenvalue weighted by molar-refractivity contribution is 5.82. The fourth-order valence-electron chi connectivity index (χ4n) is 2.65. The van der Waals surface area contributed by atoms with Gasteiger partial charge in [-0.1, -0.05) is 6.07 Å². The van der Waals surface area contributed by atoms with E-state index in [1.54, 1.807) is 11.2 Å². The number of benzene rings is 1. The molecule has 6 nitrogen and oxygen atoms in total. The van der Waals surface area contributed by atoms with E-state index in [0.29, 0.717) is 32.6 Å². The number of imidazole rings is 1. The molecule has 21 heavy (non-hydrogen) atoms. The molecule has 0 bridgehead atoms. The summed E-state index contributed by atoms with van der Waals surface area (Å²) in [7, 11) is 1.95. The lowest BCUT2D eigenvalue weighted by Gasteiger charge is -2.32. The van der Waals surface area contributed by atoms with E-state index in [1.807, 2.05) is 34.7 Å². The molecule has 1 aromatic heterocycles. The summed E-state index contributed by atoms with van der Waals surface area (Å²) in [5.41, 5.74) is 2.95. The highest BCUT2D eigenvalue weighted by atomic mass is 16.2. The number of nitrogens with zero attached hydrogens (tertiary/aromatic N) is 4. The summed E-state index contributed by atoms with van der Waals surface area (Å²) in [4.78, 5) is 30.8. The Labute approximate surface area is 123 Å². The number of fused-ring (bicyclic) bond motifs is 1. The smallest absolute Gasteiger partial charge is 0.227 e. The third-order valence-electron chi connectivity index (χ3n) is 3.96. The van der Waals surface area contributed by atoms with Gasteiger partial charge in [-0.3, -0.25) is 9.59 Å².